The number of hydrogen-bond donors (Lipinski definition) is 2. The van der Waals surface area contributed by atoms with Crippen LogP contribution in [0.2, 0.25) is 0 Å². The van der Waals surface area contributed by atoms with Crippen LogP contribution < -0.4 is 5.32 Å². The second kappa shape index (κ2) is 2.94. The van der Waals surface area contributed by atoms with E-state index in [-0.39, 0.29) is 12.1 Å². The molecule has 1 unspecified atom stereocenters. The summed E-state index contributed by atoms with van der Waals surface area (Å²) in [6, 6.07) is 0.407. The molecule has 0 bridgehead atoms. The number of nitrogens with one attached hydrogen (secondary N) is 1. The normalized spacial score (nSPS) is 29.1. The van der Waals surface area contributed by atoms with Gasteiger partial charge in [0.25, 0.3) is 0 Å². The second-order valence-corrected chi connectivity index (χ2v) is 3.61. The van der Waals surface area contributed by atoms with Gasteiger partial charge in [-0.3, -0.25) is 0 Å². The van der Waals surface area contributed by atoms with E-state index in [1.165, 1.54) is 0 Å². The Morgan fingerprint density at radius 3 is 2.67 bits per heavy atom. The van der Waals surface area contributed by atoms with Gasteiger partial charge in [0.2, 0.25) is 0 Å². The Bertz CT molecular complexity index is 191. The molecule has 0 aromatic heterocycles. The molecule has 2 fully saturated rings. The number of rotatable bonds is 1. The maximum atomic E-state index is 11.3. The molecule has 1 saturated heterocycles. The summed E-state index contributed by atoms with van der Waals surface area (Å²) >= 11 is 0. The highest BCUT2D eigenvalue weighted by Crippen LogP contribution is 2.19. The van der Waals surface area contributed by atoms with E-state index in [2.05, 4.69) is 5.32 Å². The van der Waals surface area contributed by atoms with Crippen LogP contribution >= 0.6 is 0 Å². The Labute approximate surface area is 71.5 Å². The van der Waals surface area contributed by atoms with Gasteiger partial charge in [0.15, 0.2) is 0 Å². The van der Waals surface area contributed by atoms with Crippen molar-refractivity contribution in [2.75, 3.05) is 13.1 Å². The van der Waals surface area contributed by atoms with Gasteiger partial charge in [0, 0.05) is 19.1 Å². The summed E-state index contributed by atoms with van der Waals surface area (Å²) in [7, 11) is 0. The molecular weight excluding hydrogens is 156 g/mol. The van der Waals surface area contributed by atoms with Gasteiger partial charge in [0.05, 0.1) is 6.10 Å². The van der Waals surface area contributed by atoms with Gasteiger partial charge in [-0.15, -0.1) is 0 Å². The summed E-state index contributed by atoms with van der Waals surface area (Å²) in [5.74, 6) is 0. The molecule has 4 heteroatoms. The first-order valence-electron chi connectivity index (χ1n) is 4.49. The van der Waals surface area contributed by atoms with Crippen molar-refractivity contribution in [1.29, 1.82) is 0 Å². The van der Waals surface area contributed by atoms with Crippen molar-refractivity contribution in [3.05, 3.63) is 0 Å². The van der Waals surface area contributed by atoms with E-state index in [9.17, 15) is 9.90 Å². The molecule has 1 aliphatic carbocycles. The number of hydrogen-bond acceptors (Lipinski definition) is 2. The molecule has 12 heavy (non-hydrogen) atoms. The number of β-amino-alcohol motifs (C(OH)–C–C–N with tert-alkyl or cyclic N) is 1. The third-order valence-electron chi connectivity index (χ3n) is 2.36. The van der Waals surface area contributed by atoms with Crippen LogP contribution in [0.3, 0.4) is 0 Å². The zero-order valence-electron chi connectivity index (χ0n) is 6.99. The van der Waals surface area contributed by atoms with Gasteiger partial charge in [0.1, 0.15) is 0 Å². The van der Waals surface area contributed by atoms with E-state index in [1.807, 2.05) is 0 Å². The molecular formula is C8H14N2O2. The summed E-state index contributed by atoms with van der Waals surface area (Å²) in [6.45, 7) is 1.19. The summed E-state index contributed by atoms with van der Waals surface area (Å²) in [5.41, 5.74) is 0. The quantitative estimate of drug-likeness (QED) is 0.578. The monoisotopic (exact) mass is 170 g/mol. The molecule has 1 aliphatic heterocycles. The average Bonchev–Trinajstić information content (AvgIpc) is 2.72. The molecule has 1 atom stereocenters. The van der Waals surface area contributed by atoms with Crippen LogP contribution in [0, 0.1) is 0 Å². The molecule has 68 valence electrons. The first-order valence-corrected chi connectivity index (χ1v) is 4.49. The van der Waals surface area contributed by atoms with Crippen LogP contribution in [0.5, 0.6) is 0 Å². The number of amides is 2. The molecule has 2 amide bonds. The zero-order valence-corrected chi connectivity index (χ0v) is 6.99. The van der Waals surface area contributed by atoms with Gasteiger partial charge in [-0.25, -0.2) is 4.79 Å². The fourth-order valence-electron chi connectivity index (χ4n) is 1.42. The molecule has 0 radical (unpaired) electrons. The summed E-state index contributed by atoms with van der Waals surface area (Å²) < 4.78 is 0. The van der Waals surface area contributed by atoms with Crippen molar-refractivity contribution >= 4 is 6.03 Å². The predicted octanol–water partition coefficient (Wildman–Crippen LogP) is -0.0750. The van der Waals surface area contributed by atoms with Crippen molar-refractivity contribution in [2.24, 2.45) is 0 Å². The van der Waals surface area contributed by atoms with E-state index in [0.29, 0.717) is 19.1 Å². The average molecular weight is 170 g/mol. The lowest BCUT2D eigenvalue weighted by Gasteiger charge is -2.15. The highest BCUT2D eigenvalue weighted by molar-refractivity contribution is 5.75. The molecule has 4 nitrogen and oxygen atoms in total. The van der Waals surface area contributed by atoms with Crippen LogP contribution in [-0.2, 0) is 0 Å². The number of nitrogens with zero attached hydrogens (tertiary/aromatic N) is 1. The minimum absolute atomic E-state index is 0.00551. The predicted molar refractivity (Wildman–Crippen MR) is 43.8 cm³/mol. The lowest BCUT2D eigenvalue weighted by Crippen LogP contribution is -2.39. The smallest absolute Gasteiger partial charge is 0.317 e. The van der Waals surface area contributed by atoms with Gasteiger partial charge in [-0.2, -0.15) is 0 Å². The fraction of sp³-hybridized carbons (Fsp3) is 0.875. The van der Waals surface area contributed by atoms with Crippen LogP contribution in [0.25, 0.3) is 0 Å². The highest BCUT2D eigenvalue weighted by atomic mass is 16.3. The Balaban J connectivity index is 1.79. The molecule has 2 aliphatic rings. The van der Waals surface area contributed by atoms with E-state index in [4.69, 9.17) is 0 Å². The van der Waals surface area contributed by atoms with E-state index >= 15 is 0 Å². The van der Waals surface area contributed by atoms with Crippen molar-refractivity contribution in [1.82, 2.24) is 10.2 Å². The topological polar surface area (TPSA) is 52.6 Å². The molecule has 2 rings (SSSR count). The van der Waals surface area contributed by atoms with Crippen LogP contribution in [-0.4, -0.2) is 41.3 Å². The summed E-state index contributed by atoms with van der Waals surface area (Å²) in [6.07, 6.45) is 2.64. The second-order valence-electron chi connectivity index (χ2n) is 3.61. The fourth-order valence-corrected chi connectivity index (χ4v) is 1.42. The molecule has 1 saturated carbocycles. The van der Waals surface area contributed by atoms with Gasteiger partial charge in [-0.05, 0) is 19.3 Å². The first-order chi connectivity index (χ1) is 5.75. The maximum absolute atomic E-state index is 11.3. The molecule has 0 aromatic carbocycles. The minimum atomic E-state index is -0.310. The molecule has 0 spiro atoms. The third kappa shape index (κ3) is 1.69. The number of carbonyl (C=O) groups excluding carboxylic acids is 1. The maximum Gasteiger partial charge on any atom is 0.317 e. The first kappa shape index (κ1) is 7.86. The Hall–Kier alpha value is -0.770. The van der Waals surface area contributed by atoms with Crippen molar-refractivity contribution in [3.8, 4) is 0 Å². The number of aliphatic hydroxyl groups excluding tert-OH is 1. The molecule has 0 aromatic rings. The SMILES string of the molecule is O=C(NC1CC1)N1CCC(O)C1. The van der Waals surface area contributed by atoms with Crippen LogP contribution in [0.1, 0.15) is 19.3 Å². The van der Waals surface area contributed by atoms with Gasteiger partial charge < -0.3 is 15.3 Å². The third-order valence-corrected chi connectivity index (χ3v) is 2.36. The number of aliphatic hydroxyl groups is 1. The van der Waals surface area contributed by atoms with Crippen LogP contribution in [0.4, 0.5) is 4.79 Å². The van der Waals surface area contributed by atoms with Crippen LogP contribution in [0.15, 0.2) is 0 Å². The Morgan fingerprint density at radius 2 is 2.17 bits per heavy atom. The van der Waals surface area contributed by atoms with Crippen molar-refractivity contribution in [3.63, 3.8) is 0 Å². The standard InChI is InChI=1S/C8H14N2O2/c11-7-3-4-10(5-7)8(12)9-6-1-2-6/h6-7,11H,1-5H2,(H,9,12). The largest absolute Gasteiger partial charge is 0.391 e. The molecule has 1 heterocycles. The van der Waals surface area contributed by atoms with E-state index < -0.39 is 0 Å². The van der Waals surface area contributed by atoms with Crippen molar-refractivity contribution in [2.45, 2.75) is 31.4 Å². The Kier molecular flexibility index (Phi) is 1.92. The Morgan fingerprint density at radius 1 is 1.42 bits per heavy atom. The lowest BCUT2D eigenvalue weighted by molar-refractivity contribution is 0.171. The highest BCUT2D eigenvalue weighted by Gasteiger charge is 2.29. The van der Waals surface area contributed by atoms with Crippen molar-refractivity contribution < 1.29 is 9.90 Å². The van der Waals surface area contributed by atoms with Gasteiger partial charge >= 0.3 is 6.03 Å². The van der Waals surface area contributed by atoms with E-state index in [0.717, 1.165) is 19.3 Å². The van der Waals surface area contributed by atoms with E-state index in [1.54, 1.807) is 4.90 Å². The number of urea groups is 1. The molecule has 2 N–H and O–H groups in total. The summed E-state index contributed by atoms with van der Waals surface area (Å²) in [4.78, 5) is 13.0. The number of carbonyl (C=O) groups is 1. The zero-order chi connectivity index (χ0) is 8.55. The van der Waals surface area contributed by atoms with Gasteiger partial charge in [-0.1, -0.05) is 0 Å². The lowest BCUT2D eigenvalue weighted by atomic mass is 10.3. The minimum Gasteiger partial charge on any atom is -0.391 e. The summed E-state index contributed by atoms with van der Waals surface area (Å²) in [5, 5.41) is 12.1. The number of likely N-dealkylation sites (tertiary alicyclic amines) is 1.